The Labute approximate surface area is 153 Å². The lowest BCUT2D eigenvalue weighted by molar-refractivity contribution is 0.149. The van der Waals surface area contributed by atoms with E-state index in [4.69, 9.17) is 9.92 Å². The van der Waals surface area contributed by atoms with Crippen molar-refractivity contribution in [2.45, 2.75) is 47.1 Å². The molecule has 0 aliphatic carbocycles. The molecule has 1 aromatic rings. The summed E-state index contributed by atoms with van der Waals surface area (Å²) in [5.74, 6) is 0.623. The molecule has 0 unspecified atom stereocenters. The number of benzene rings is 1. The van der Waals surface area contributed by atoms with Crippen molar-refractivity contribution >= 4 is 12.7 Å². The SMILES string of the molecule is CC(C)CN(Cc1cccc(N(C)B2CO2)c1)CC(C)(C)CCC#N. The third-order valence-corrected chi connectivity index (χ3v) is 4.66. The molecule has 0 bridgehead atoms. The Morgan fingerprint density at radius 2 is 2.08 bits per heavy atom. The molecule has 4 nitrogen and oxygen atoms in total. The second-order valence-corrected chi connectivity index (χ2v) is 8.45. The van der Waals surface area contributed by atoms with E-state index in [0.717, 1.165) is 32.6 Å². The van der Waals surface area contributed by atoms with Crippen LogP contribution >= 0.6 is 0 Å². The van der Waals surface area contributed by atoms with E-state index in [-0.39, 0.29) is 12.5 Å². The first kappa shape index (κ1) is 19.8. The molecule has 0 aromatic heterocycles. The molecule has 0 saturated carbocycles. The summed E-state index contributed by atoms with van der Waals surface area (Å²) in [6.07, 6.45) is 1.57. The standard InChI is InChI=1S/C20H32BN3O/c1-17(2)13-24(15-20(3,4)10-7-11-22)14-18-8-6-9-19(12-18)23(5)21-16-25-21/h6,8-9,12,17H,7,10,13-16H2,1-5H3. The highest BCUT2D eigenvalue weighted by Crippen LogP contribution is 2.26. The lowest BCUT2D eigenvalue weighted by atomic mass is 9.87. The summed E-state index contributed by atoms with van der Waals surface area (Å²) in [6, 6.07) is 11.1. The van der Waals surface area contributed by atoms with E-state index in [1.165, 1.54) is 11.3 Å². The fourth-order valence-electron chi connectivity index (χ4n) is 3.35. The average Bonchev–Trinajstić information content (AvgIpc) is 3.36. The number of nitrogens with zero attached hydrogens (tertiary/aromatic N) is 3. The quantitative estimate of drug-likeness (QED) is 0.477. The minimum atomic E-state index is 0.154. The van der Waals surface area contributed by atoms with Gasteiger partial charge in [0.25, 0.3) is 0 Å². The number of rotatable bonds is 10. The summed E-state index contributed by atoms with van der Waals surface area (Å²) in [7, 11) is 2.33. The van der Waals surface area contributed by atoms with E-state index in [2.05, 4.69) is 74.8 Å². The highest BCUT2D eigenvalue weighted by Gasteiger charge is 2.35. The van der Waals surface area contributed by atoms with Gasteiger partial charge < -0.3 is 9.47 Å². The molecule has 0 spiro atoms. The van der Waals surface area contributed by atoms with E-state index >= 15 is 0 Å². The number of anilines is 1. The van der Waals surface area contributed by atoms with Crippen molar-refractivity contribution in [2.24, 2.45) is 11.3 Å². The van der Waals surface area contributed by atoms with Gasteiger partial charge in [-0.2, -0.15) is 5.26 Å². The topological polar surface area (TPSA) is 42.8 Å². The number of hydrogen-bond acceptors (Lipinski definition) is 4. The van der Waals surface area contributed by atoms with E-state index in [0.29, 0.717) is 12.3 Å². The fraction of sp³-hybridized carbons (Fsp3) is 0.650. The lowest BCUT2D eigenvalue weighted by Gasteiger charge is -2.33. The van der Waals surface area contributed by atoms with Crippen molar-refractivity contribution in [2.75, 3.05) is 31.5 Å². The molecule has 0 atom stereocenters. The monoisotopic (exact) mass is 341 g/mol. The summed E-state index contributed by atoms with van der Waals surface area (Å²) in [5.41, 5.74) is 2.70. The Morgan fingerprint density at radius 3 is 2.68 bits per heavy atom. The van der Waals surface area contributed by atoms with Gasteiger partial charge in [-0.3, -0.25) is 4.90 Å². The van der Waals surface area contributed by atoms with Crippen LogP contribution in [-0.4, -0.2) is 38.6 Å². The molecular formula is C20H32BN3O. The predicted molar refractivity (Wildman–Crippen MR) is 105 cm³/mol. The Morgan fingerprint density at radius 1 is 1.36 bits per heavy atom. The van der Waals surface area contributed by atoms with Gasteiger partial charge in [0.05, 0.1) is 12.6 Å². The third kappa shape index (κ3) is 6.72. The average molecular weight is 341 g/mol. The molecule has 1 fully saturated rings. The van der Waals surface area contributed by atoms with Gasteiger partial charge in [0.15, 0.2) is 0 Å². The Bertz CT molecular complexity index is 593. The van der Waals surface area contributed by atoms with Gasteiger partial charge in [-0.1, -0.05) is 39.8 Å². The molecule has 25 heavy (non-hydrogen) atoms. The Kier molecular flexibility index (Phi) is 6.92. The summed E-state index contributed by atoms with van der Waals surface area (Å²) in [5, 5.41) is 8.90. The molecule has 1 aromatic carbocycles. The van der Waals surface area contributed by atoms with Crippen LogP contribution in [0.4, 0.5) is 5.69 Å². The van der Waals surface area contributed by atoms with Gasteiger partial charge in [-0.25, -0.2) is 0 Å². The van der Waals surface area contributed by atoms with Gasteiger partial charge in [0.1, 0.15) is 0 Å². The largest absolute Gasteiger partial charge is 0.440 e. The number of nitriles is 1. The molecular weight excluding hydrogens is 309 g/mol. The van der Waals surface area contributed by atoms with Gasteiger partial charge in [-0.15, -0.1) is 0 Å². The Balaban J connectivity index is 2.05. The second kappa shape index (κ2) is 8.73. The molecule has 5 heteroatoms. The molecule has 0 radical (unpaired) electrons. The van der Waals surface area contributed by atoms with Crippen LogP contribution in [0.15, 0.2) is 24.3 Å². The first-order chi connectivity index (χ1) is 11.8. The Hall–Kier alpha value is -1.51. The van der Waals surface area contributed by atoms with E-state index in [1.807, 2.05) is 0 Å². The number of hydrogen-bond donors (Lipinski definition) is 0. The molecule has 0 amide bonds. The molecule has 1 heterocycles. The van der Waals surface area contributed by atoms with Crippen LogP contribution in [-0.2, 0) is 11.2 Å². The van der Waals surface area contributed by atoms with Gasteiger partial charge in [0.2, 0.25) is 0 Å². The molecule has 1 aliphatic rings. The molecule has 1 aliphatic heterocycles. The van der Waals surface area contributed by atoms with E-state index in [9.17, 15) is 0 Å². The van der Waals surface area contributed by atoms with Crippen molar-refractivity contribution < 1.29 is 4.65 Å². The zero-order valence-electron chi connectivity index (χ0n) is 16.5. The van der Waals surface area contributed by atoms with Crippen LogP contribution in [0.5, 0.6) is 0 Å². The van der Waals surface area contributed by atoms with Gasteiger partial charge >= 0.3 is 7.05 Å². The fourth-order valence-corrected chi connectivity index (χ4v) is 3.35. The van der Waals surface area contributed by atoms with Crippen molar-refractivity contribution in [3.05, 3.63) is 29.8 Å². The van der Waals surface area contributed by atoms with Crippen molar-refractivity contribution in [3.8, 4) is 6.07 Å². The van der Waals surface area contributed by atoms with Crippen LogP contribution in [0.2, 0.25) is 0 Å². The highest BCUT2D eigenvalue weighted by atomic mass is 16.5. The van der Waals surface area contributed by atoms with Crippen LogP contribution in [0.25, 0.3) is 0 Å². The predicted octanol–water partition coefficient (Wildman–Crippen LogP) is 3.97. The van der Waals surface area contributed by atoms with Crippen LogP contribution in [0.3, 0.4) is 0 Å². The van der Waals surface area contributed by atoms with Crippen LogP contribution in [0, 0.1) is 22.7 Å². The maximum absolute atomic E-state index is 8.90. The first-order valence-corrected chi connectivity index (χ1v) is 9.33. The lowest BCUT2D eigenvalue weighted by Crippen LogP contribution is -2.36. The zero-order chi connectivity index (χ0) is 18.4. The highest BCUT2D eigenvalue weighted by molar-refractivity contribution is 6.64. The summed E-state index contributed by atoms with van der Waals surface area (Å²) in [4.78, 5) is 4.74. The first-order valence-electron chi connectivity index (χ1n) is 9.33. The minimum Gasteiger partial charge on any atom is -0.418 e. The zero-order valence-corrected chi connectivity index (χ0v) is 16.5. The summed E-state index contributed by atoms with van der Waals surface area (Å²) >= 11 is 0. The van der Waals surface area contributed by atoms with E-state index in [1.54, 1.807) is 0 Å². The molecule has 0 N–H and O–H groups in total. The smallest absolute Gasteiger partial charge is 0.418 e. The van der Waals surface area contributed by atoms with Crippen LogP contribution in [0.1, 0.15) is 46.1 Å². The molecule has 2 rings (SSSR count). The van der Waals surface area contributed by atoms with Crippen molar-refractivity contribution in [1.29, 1.82) is 5.26 Å². The van der Waals surface area contributed by atoms with Gasteiger partial charge in [0, 0.05) is 31.7 Å². The normalized spacial score (nSPS) is 14.1. The summed E-state index contributed by atoms with van der Waals surface area (Å²) in [6.45, 7) is 12.9. The maximum atomic E-state index is 8.90. The van der Waals surface area contributed by atoms with Gasteiger partial charge in [-0.05, 0) is 42.5 Å². The second-order valence-electron chi connectivity index (χ2n) is 8.45. The molecule has 136 valence electrons. The summed E-state index contributed by atoms with van der Waals surface area (Å²) < 4.78 is 5.39. The van der Waals surface area contributed by atoms with E-state index < -0.39 is 0 Å². The minimum absolute atomic E-state index is 0.154. The third-order valence-electron chi connectivity index (χ3n) is 4.66. The molecule has 1 saturated heterocycles. The van der Waals surface area contributed by atoms with Crippen molar-refractivity contribution in [1.82, 2.24) is 4.90 Å². The van der Waals surface area contributed by atoms with Crippen LogP contribution < -0.4 is 4.81 Å². The van der Waals surface area contributed by atoms with Crippen molar-refractivity contribution in [3.63, 3.8) is 0 Å². The maximum Gasteiger partial charge on any atom is 0.440 e.